The minimum Gasteiger partial charge on any atom is -0.481 e. The van der Waals surface area contributed by atoms with Crippen LogP contribution in [0.2, 0.25) is 0 Å². The summed E-state index contributed by atoms with van der Waals surface area (Å²) in [6.45, 7) is 0. The van der Waals surface area contributed by atoms with E-state index in [9.17, 15) is 9.59 Å². The lowest BCUT2D eigenvalue weighted by Gasteiger charge is -2.09. The van der Waals surface area contributed by atoms with E-state index in [0.717, 1.165) is 16.2 Å². The number of thioether (sulfide) groups is 1. The number of benzene rings is 1. The van der Waals surface area contributed by atoms with Gasteiger partial charge in [-0.3, -0.25) is 9.59 Å². The molecule has 0 aliphatic carbocycles. The molecule has 0 aromatic heterocycles. The third kappa shape index (κ3) is 5.23. The van der Waals surface area contributed by atoms with Crippen LogP contribution in [-0.4, -0.2) is 41.7 Å². The number of hydrogen-bond acceptors (Lipinski definition) is 3. The van der Waals surface area contributed by atoms with Crippen LogP contribution in [0.25, 0.3) is 0 Å². The molecule has 0 fully saturated rings. The summed E-state index contributed by atoms with van der Waals surface area (Å²) in [5.74, 6) is 0.0203. The molecule has 0 radical (unpaired) electrons. The molecule has 0 atom stereocenters. The molecule has 98 valence electrons. The van der Waals surface area contributed by atoms with E-state index in [1.807, 2.05) is 24.3 Å². The number of amides is 1. The molecule has 4 nitrogen and oxygen atoms in total. The van der Waals surface area contributed by atoms with E-state index < -0.39 is 5.97 Å². The summed E-state index contributed by atoms with van der Waals surface area (Å²) in [6, 6.07) is 7.40. The molecule has 0 bridgehead atoms. The first-order valence-electron chi connectivity index (χ1n) is 5.62. The molecular formula is C13H17NO3S. The third-order valence-electron chi connectivity index (χ3n) is 2.36. The SMILES string of the molecule is CN(C)C(=O)CCSc1ccc(CC(=O)O)cc1. The van der Waals surface area contributed by atoms with Crippen LogP contribution in [0.3, 0.4) is 0 Å². The first kappa shape index (κ1) is 14.6. The van der Waals surface area contributed by atoms with E-state index in [2.05, 4.69) is 0 Å². The maximum absolute atomic E-state index is 11.4. The zero-order chi connectivity index (χ0) is 13.5. The lowest BCUT2D eigenvalue weighted by molar-refractivity contribution is -0.136. The number of rotatable bonds is 6. The normalized spacial score (nSPS) is 10.1. The van der Waals surface area contributed by atoms with Gasteiger partial charge < -0.3 is 10.0 Å². The Morgan fingerprint density at radius 3 is 2.33 bits per heavy atom. The molecule has 1 aromatic rings. The Morgan fingerprint density at radius 2 is 1.83 bits per heavy atom. The number of carbonyl (C=O) groups excluding carboxylic acids is 1. The quantitative estimate of drug-likeness (QED) is 0.800. The summed E-state index contributed by atoms with van der Waals surface area (Å²) in [4.78, 5) is 24.5. The average Bonchev–Trinajstić information content (AvgIpc) is 2.30. The van der Waals surface area contributed by atoms with Crippen molar-refractivity contribution < 1.29 is 14.7 Å². The number of carboxylic acid groups (broad SMARTS) is 1. The highest BCUT2D eigenvalue weighted by Gasteiger charge is 2.04. The predicted molar refractivity (Wildman–Crippen MR) is 71.8 cm³/mol. The van der Waals surface area contributed by atoms with E-state index in [-0.39, 0.29) is 12.3 Å². The Hall–Kier alpha value is -1.49. The highest BCUT2D eigenvalue weighted by Crippen LogP contribution is 2.19. The Bertz CT molecular complexity index is 415. The number of carbonyl (C=O) groups is 2. The van der Waals surface area contributed by atoms with Gasteiger partial charge in [-0.05, 0) is 17.7 Å². The third-order valence-corrected chi connectivity index (χ3v) is 3.38. The molecule has 0 aliphatic rings. The highest BCUT2D eigenvalue weighted by molar-refractivity contribution is 7.99. The van der Waals surface area contributed by atoms with Crippen molar-refractivity contribution >= 4 is 23.6 Å². The molecule has 1 N–H and O–H groups in total. The Kier molecular flexibility index (Phi) is 5.71. The van der Waals surface area contributed by atoms with Crippen LogP contribution < -0.4 is 0 Å². The molecule has 0 saturated heterocycles. The van der Waals surface area contributed by atoms with E-state index in [4.69, 9.17) is 5.11 Å². The summed E-state index contributed by atoms with van der Waals surface area (Å²) < 4.78 is 0. The van der Waals surface area contributed by atoms with Crippen LogP contribution in [0, 0.1) is 0 Å². The maximum atomic E-state index is 11.4. The number of nitrogens with zero attached hydrogens (tertiary/aromatic N) is 1. The molecule has 0 unspecified atom stereocenters. The van der Waals surface area contributed by atoms with Gasteiger partial charge in [-0.1, -0.05) is 12.1 Å². The minimum atomic E-state index is -0.827. The van der Waals surface area contributed by atoms with E-state index in [1.165, 1.54) is 0 Å². The van der Waals surface area contributed by atoms with Crippen molar-refractivity contribution in [3.63, 3.8) is 0 Å². The Morgan fingerprint density at radius 1 is 1.22 bits per heavy atom. The van der Waals surface area contributed by atoms with Gasteiger partial charge in [-0.15, -0.1) is 11.8 Å². The standard InChI is InChI=1S/C13H17NO3S/c1-14(2)12(15)7-8-18-11-5-3-10(4-6-11)9-13(16)17/h3-6H,7-9H2,1-2H3,(H,16,17). The number of hydrogen-bond donors (Lipinski definition) is 1. The van der Waals surface area contributed by atoms with E-state index in [1.54, 1.807) is 30.8 Å². The van der Waals surface area contributed by atoms with Crippen molar-refractivity contribution in [3.8, 4) is 0 Å². The van der Waals surface area contributed by atoms with E-state index in [0.29, 0.717) is 6.42 Å². The van der Waals surface area contributed by atoms with Gasteiger partial charge in [0.1, 0.15) is 0 Å². The first-order chi connectivity index (χ1) is 8.49. The lowest BCUT2D eigenvalue weighted by atomic mass is 10.2. The van der Waals surface area contributed by atoms with Gasteiger partial charge in [0, 0.05) is 31.2 Å². The molecule has 18 heavy (non-hydrogen) atoms. The number of carboxylic acids is 1. The monoisotopic (exact) mass is 267 g/mol. The molecule has 0 spiro atoms. The second-order valence-corrected chi connectivity index (χ2v) is 5.27. The van der Waals surface area contributed by atoms with Crippen LogP contribution in [-0.2, 0) is 16.0 Å². The molecule has 0 saturated carbocycles. The first-order valence-corrected chi connectivity index (χ1v) is 6.61. The topological polar surface area (TPSA) is 57.6 Å². The van der Waals surface area contributed by atoms with Crippen LogP contribution in [0.4, 0.5) is 0 Å². The molecule has 1 aromatic carbocycles. The summed E-state index contributed by atoms with van der Waals surface area (Å²) in [5, 5.41) is 8.64. The Labute approximate surface area is 111 Å². The lowest BCUT2D eigenvalue weighted by Crippen LogP contribution is -2.21. The van der Waals surface area contributed by atoms with Gasteiger partial charge >= 0.3 is 5.97 Å². The van der Waals surface area contributed by atoms with Crippen molar-refractivity contribution in [2.24, 2.45) is 0 Å². The average molecular weight is 267 g/mol. The van der Waals surface area contributed by atoms with Crippen molar-refractivity contribution in [2.75, 3.05) is 19.8 Å². The van der Waals surface area contributed by atoms with Gasteiger partial charge in [0.2, 0.25) is 5.91 Å². The molecule has 0 heterocycles. The summed E-state index contributed by atoms with van der Waals surface area (Å²) in [6.07, 6.45) is 0.554. The summed E-state index contributed by atoms with van der Waals surface area (Å²) >= 11 is 1.60. The second-order valence-electron chi connectivity index (χ2n) is 4.10. The van der Waals surface area contributed by atoms with Crippen LogP contribution in [0.1, 0.15) is 12.0 Å². The summed E-state index contributed by atoms with van der Waals surface area (Å²) in [5.41, 5.74) is 0.788. The van der Waals surface area contributed by atoms with Gasteiger partial charge in [-0.2, -0.15) is 0 Å². The predicted octanol–water partition coefficient (Wildman–Crippen LogP) is 1.88. The van der Waals surface area contributed by atoms with Crippen molar-refractivity contribution in [3.05, 3.63) is 29.8 Å². The van der Waals surface area contributed by atoms with Gasteiger partial charge in [0.25, 0.3) is 0 Å². The maximum Gasteiger partial charge on any atom is 0.307 e. The van der Waals surface area contributed by atoms with Gasteiger partial charge in [0.15, 0.2) is 0 Å². The fourth-order valence-electron chi connectivity index (χ4n) is 1.36. The fraction of sp³-hybridized carbons (Fsp3) is 0.385. The van der Waals surface area contributed by atoms with Crippen LogP contribution >= 0.6 is 11.8 Å². The highest BCUT2D eigenvalue weighted by atomic mass is 32.2. The molecule has 1 rings (SSSR count). The number of aliphatic carboxylic acids is 1. The smallest absolute Gasteiger partial charge is 0.307 e. The van der Waals surface area contributed by atoms with Crippen molar-refractivity contribution in [1.82, 2.24) is 4.90 Å². The van der Waals surface area contributed by atoms with Crippen molar-refractivity contribution in [1.29, 1.82) is 0 Å². The fourth-order valence-corrected chi connectivity index (χ4v) is 2.20. The minimum absolute atomic E-state index is 0.0457. The Balaban J connectivity index is 2.39. The van der Waals surface area contributed by atoms with Crippen LogP contribution in [0.5, 0.6) is 0 Å². The van der Waals surface area contributed by atoms with E-state index >= 15 is 0 Å². The zero-order valence-electron chi connectivity index (χ0n) is 10.5. The summed E-state index contributed by atoms with van der Waals surface area (Å²) in [7, 11) is 3.49. The largest absolute Gasteiger partial charge is 0.481 e. The molecule has 1 amide bonds. The molecule has 5 heteroatoms. The molecular weight excluding hydrogens is 250 g/mol. The van der Waals surface area contributed by atoms with Crippen molar-refractivity contribution in [2.45, 2.75) is 17.7 Å². The van der Waals surface area contributed by atoms with Crippen LogP contribution in [0.15, 0.2) is 29.2 Å². The zero-order valence-corrected chi connectivity index (χ0v) is 11.4. The van der Waals surface area contributed by atoms with Gasteiger partial charge in [-0.25, -0.2) is 0 Å². The van der Waals surface area contributed by atoms with Gasteiger partial charge in [0.05, 0.1) is 6.42 Å². The second kappa shape index (κ2) is 7.06. The molecule has 0 aliphatic heterocycles.